The molecule has 3 N–H and O–H groups in total. The highest BCUT2D eigenvalue weighted by molar-refractivity contribution is 5.77. The van der Waals surface area contributed by atoms with Crippen molar-refractivity contribution in [1.82, 2.24) is 5.32 Å². The van der Waals surface area contributed by atoms with Crippen molar-refractivity contribution >= 4 is 11.6 Å². The van der Waals surface area contributed by atoms with Crippen molar-refractivity contribution in [3.8, 4) is 5.75 Å². The van der Waals surface area contributed by atoms with Crippen molar-refractivity contribution in [2.24, 2.45) is 5.92 Å². The molecule has 26 heavy (non-hydrogen) atoms. The fraction of sp³-hybridized carbons (Fsp3) is 0.409. The average molecular weight is 354 g/mol. The monoisotopic (exact) mass is 354 g/mol. The molecule has 0 aliphatic heterocycles. The molecule has 0 aromatic heterocycles. The molecule has 1 atom stereocenters. The molecule has 0 fully saturated rings. The van der Waals surface area contributed by atoms with Crippen molar-refractivity contribution in [3.63, 3.8) is 0 Å². The summed E-state index contributed by atoms with van der Waals surface area (Å²) in [5, 5.41) is 3.04. The van der Waals surface area contributed by atoms with Gasteiger partial charge in [0, 0.05) is 12.1 Å². The highest BCUT2D eigenvalue weighted by atomic mass is 16.5. The predicted molar refractivity (Wildman–Crippen MR) is 107 cm³/mol. The quantitative estimate of drug-likeness (QED) is 0.652. The Kier molecular flexibility index (Phi) is 7.52. The standard InChI is InChI=1S/C22H30N2O2/c1-16(2)14-15-26-20-11-8-18(9-12-20)17(3)24-22(25)13-10-19-6-4-5-7-21(19)23/h4-9,11-12,16-17H,10,13-15,23H2,1-3H3,(H,24,25). The van der Waals surface area contributed by atoms with E-state index in [-0.39, 0.29) is 11.9 Å². The lowest BCUT2D eigenvalue weighted by atomic mass is 10.1. The second kappa shape index (κ2) is 9.85. The molecule has 0 heterocycles. The SMILES string of the molecule is CC(C)CCOc1ccc(C(C)NC(=O)CCc2ccccc2N)cc1. The summed E-state index contributed by atoms with van der Waals surface area (Å²) < 4.78 is 5.73. The van der Waals surface area contributed by atoms with Crippen molar-refractivity contribution < 1.29 is 9.53 Å². The molecule has 1 unspecified atom stereocenters. The van der Waals surface area contributed by atoms with E-state index < -0.39 is 0 Å². The van der Waals surface area contributed by atoms with E-state index in [1.807, 2.05) is 55.5 Å². The molecule has 2 aromatic carbocycles. The number of hydrogen-bond donors (Lipinski definition) is 2. The van der Waals surface area contributed by atoms with Gasteiger partial charge in [0.25, 0.3) is 0 Å². The first kappa shape index (κ1) is 19.8. The van der Waals surface area contributed by atoms with E-state index >= 15 is 0 Å². The zero-order valence-electron chi connectivity index (χ0n) is 16.0. The summed E-state index contributed by atoms with van der Waals surface area (Å²) in [5.74, 6) is 1.53. The molecule has 4 heteroatoms. The first-order valence-corrected chi connectivity index (χ1v) is 9.31. The molecule has 0 radical (unpaired) electrons. The number of aryl methyl sites for hydroxylation is 1. The largest absolute Gasteiger partial charge is 0.494 e. The summed E-state index contributed by atoms with van der Waals surface area (Å²) in [6.45, 7) is 7.08. The van der Waals surface area contributed by atoms with Crippen LogP contribution in [0.2, 0.25) is 0 Å². The predicted octanol–water partition coefficient (Wildman–Crippen LogP) is 4.50. The third-order valence-electron chi connectivity index (χ3n) is 4.40. The van der Waals surface area contributed by atoms with Crippen LogP contribution in [-0.4, -0.2) is 12.5 Å². The Morgan fingerprint density at radius 3 is 2.42 bits per heavy atom. The van der Waals surface area contributed by atoms with Gasteiger partial charge in [-0.15, -0.1) is 0 Å². The van der Waals surface area contributed by atoms with E-state index in [1.165, 1.54) is 0 Å². The number of para-hydroxylation sites is 1. The summed E-state index contributed by atoms with van der Waals surface area (Å²) in [7, 11) is 0. The smallest absolute Gasteiger partial charge is 0.220 e. The highest BCUT2D eigenvalue weighted by Gasteiger charge is 2.10. The molecule has 4 nitrogen and oxygen atoms in total. The fourth-order valence-electron chi connectivity index (χ4n) is 2.67. The number of hydrogen-bond acceptors (Lipinski definition) is 3. The molecule has 0 aliphatic carbocycles. The molecule has 0 saturated carbocycles. The fourth-order valence-corrected chi connectivity index (χ4v) is 2.67. The summed E-state index contributed by atoms with van der Waals surface area (Å²) in [4.78, 5) is 12.2. The Hall–Kier alpha value is -2.49. The molecule has 0 aliphatic rings. The maximum Gasteiger partial charge on any atom is 0.220 e. The van der Waals surface area contributed by atoms with E-state index in [0.717, 1.165) is 35.6 Å². The van der Waals surface area contributed by atoms with Crippen molar-refractivity contribution in [1.29, 1.82) is 0 Å². The Morgan fingerprint density at radius 1 is 1.08 bits per heavy atom. The number of rotatable bonds is 9. The van der Waals surface area contributed by atoms with Crippen molar-refractivity contribution in [2.45, 2.75) is 46.1 Å². The number of nitrogens with two attached hydrogens (primary N) is 1. The van der Waals surface area contributed by atoms with Crippen molar-refractivity contribution in [3.05, 3.63) is 59.7 Å². The molecule has 140 valence electrons. The summed E-state index contributed by atoms with van der Waals surface area (Å²) in [6.07, 6.45) is 2.11. The first-order chi connectivity index (χ1) is 12.5. The number of ether oxygens (including phenoxy) is 1. The molecule has 1 amide bonds. The van der Waals surface area contributed by atoms with E-state index in [1.54, 1.807) is 0 Å². The number of nitrogens with one attached hydrogen (secondary N) is 1. The number of benzene rings is 2. The van der Waals surface area contributed by atoms with Gasteiger partial charge in [-0.3, -0.25) is 4.79 Å². The Bertz CT molecular complexity index is 696. The van der Waals surface area contributed by atoms with Crippen LogP contribution < -0.4 is 15.8 Å². The van der Waals surface area contributed by atoms with Gasteiger partial charge in [0.1, 0.15) is 5.75 Å². The minimum absolute atomic E-state index is 0.0259. The van der Waals surface area contributed by atoms with Gasteiger partial charge in [-0.1, -0.05) is 44.2 Å². The number of carbonyl (C=O) groups excluding carboxylic acids is 1. The topological polar surface area (TPSA) is 64.3 Å². The summed E-state index contributed by atoms with van der Waals surface area (Å²) in [5.41, 5.74) is 8.73. The second-order valence-electron chi connectivity index (χ2n) is 7.09. The molecular formula is C22H30N2O2. The van der Waals surface area contributed by atoms with Crippen LogP contribution in [0.1, 0.15) is 50.8 Å². The highest BCUT2D eigenvalue weighted by Crippen LogP contribution is 2.19. The van der Waals surface area contributed by atoms with E-state index in [4.69, 9.17) is 10.5 Å². The van der Waals surface area contributed by atoms with Crippen LogP contribution in [0.4, 0.5) is 5.69 Å². The molecule has 0 saturated heterocycles. The van der Waals surface area contributed by atoms with Gasteiger partial charge in [0.15, 0.2) is 0 Å². The normalized spacial score (nSPS) is 12.0. The van der Waals surface area contributed by atoms with Gasteiger partial charge in [-0.05, 0) is 55.0 Å². The Morgan fingerprint density at radius 2 is 1.77 bits per heavy atom. The van der Waals surface area contributed by atoms with Gasteiger partial charge in [-0.25, -0.2) is 0 Å². The van der Waals surface area contributed by atoms with E-state index in [9.17, 15) is 4.79 Å². The van der Waals surface area contributed by atoms with Gasteiger partial charge >= 0.3 is 0 Å². The lowest BCUT2D eigenvalue weighted by Crippen LogP contribution is -2.26. The lowest BCUT2D eigenvalue weighted by molar-refractivity contribution is -0.121. The maximum absolute atomic E-state index is 12.2. The first-order valence-electron chi connectivity index (χ1n) is 9.31. The number of amides is 1. The molecular weight excluding hydrogens is 324 g/mol. The molecule has 2 rings (SSSR count). The molecule has 2 aromatic rings. The zero-order chi connectivity index (χ0) is 18.9. The minimum Gasteiger partial charge on any atom is -0.494 e. The summed E-state index contributed by atoms with van der Waals surface area (Å²) in [6, 6.07) is 15.6. The van der Waals surface area contributed by atoms with Crippen LogP contribution in [0, 0.1) is 5.92 Å². The van der Waals surface area contributed by atoms with Gasteiger partial charge < -0.3 is 15.8 Å². The third kappa shape index (κ3) is 6.43. The van der Waals surface area contributed by atoms with Crippen LogP contribution in [0.3, 0.4) is 0 Å². The van der Waals surface area contributed by atoms with E-state index in [0.29, 0.717) is 18.8 Å². The average Bonchev–Trinajstić information content (AvgIpc) is 2.61. The molecule has 0 bridgehead atoms. The van der Waals surface area contributed by atoms with Gasteiger partial charge in [0.2, 0.25) is 5.91 Å². The van der Waals surface area contributed by atoms with Crippen LogP contribution >= 0.6 is 0 Å². The second-order valence-corrected chi connectivity index (χ2v) is 7.09. The Balaban J connectivity index is 1.80. The van der Waals surface area contributed by atoms with Crippen molar-refractivity contribution in [2.75, 3.05) is 12.3 Å². The summed E-state index contributed by atoms with van der Waals surface area (Å²) >= 11 is 0. The lowest BCUT2D eigenvalue weighted by Gasteiger charge is -2.15. The van der Waals surface area contributed by atoms with Crippen LogP contribution in [0.5, 0.6) is 5.75 Å². The third-order valence-corrected chi connectivity index (χ3v) is 4.40. The van der Waals surface area contributed by atoms with Gasteiger partial charge in [-0.2, -0.15) is 0 Å². The van der Waals surface area contributed by atoms with E-state index in [2.05, 4.69) is 19.2 Å². The maximum atomic E-state index is 12.2. The van der Waals surface area contributed by atoms with Crippen LogP contribution in [-0.2, 0) is 11.2 Å². The van der Waals surface area contributed by atoms with Crippen LogP contribution in [0.15, 0.2) is 48.5 Å². The number of nitrogen functional groups attached to an aromatic ring is 1. The van der Waals surface area contributed by atoms with Gasteiger partial charge in [0.05, 0.1) is 12.6 Å². The minimum atomic E-state index is -0.0414. The zero-order valence-corrected chi connectivity index (χ0v) is 16.0. The number of carbonyl (C=O) groups is 1. The Labute approximate surface area is 156 Å². The number of anilines is 1. The van der Waals surface area contributed by atoms with Crippen LogP contribution in [0.25, 0.3) is 0 Å². The molecule has 0 spiro atoms.